The molecule has 0 aliphatic carbocycles. The minimum Gasteiger partial charge on any atom is -0.491 e. The number of carboxylic acid groups (broad SMARTS) is 1. The van der Waals surface area contributed by atoms with Gasteiger partial charge in [0, 0.05) is 5.56 Å². The fraction of sp³-hybridized carbons (Fsp3) is 0.467. The third kappa shape index (κ3) is 3.45. The molecule has 0 saturated heterocycles. The second-order valence-electron chi connectivity index (χ2n) is 6.16. The second kappa shape index (κ2) is 5.63. The van der Waals surface area contributed by atoms with E-state index in [0.29, 0.717) is 6.61 Å². The van der Waals surface area contributed by atoms with Crippen LogP contribution in [0.2, 0.25) is 0 Å². The van der Waals surface area contributed by atoms with E-state index in [1.54, 1.807) is 20.8 Å². The molecule has 0 saturated carbocycles. The zero-order chi connectivity index (χ0) is 15.6. The van der Waals surface area contributed by atoms with Gasteiger partial charge in [0.05, 0.1) is 6.04 Å². The van der Waals surface area contributed by atoms with Gasteiger partial charge in [0.15, 0.2) is 0 Å². The summed E-state index contributed by atoms with van der Waals surface area (Å²) in [6.45, 7) is 5.64. The van der Waals surface area contributed by atoms with Crippen LogP contribution in [-0.2, 0) is 4.79 Å². The Morgan fingerprint density at radius 1 is 1.33 bits per heavy atom. The molecule has 0 spiro atoms. The molecule has 0 fully saturated rings. The lowest BCUT2D eigenvalue weighted by molar-refractivity contribution is -0.141. The van der Waals surface area contributed by atoms with Gasteiger partial charge in [-0.05, 0) is 11.5 Å². The zero-order valence-corrected chi connectivity index (χ0v) is 12.3. The van der Waals surface area contributed by atoms with Crippen LogP contribution in [0.5, 0.6) is 5.75 Å². The predicted octanol–water partition coefficient (Wildman–Crippen LogP) is 1.92. The number of ether oxygens (including phenoxy) is 1. The molecule has 2 rings (SSSR count). The third-order valence-electron chi connectivity index (χ3n) is 3.39. The number of amides is 2. The van der Waals surface area contributed by atoms with Crippen molar-refractivity contribution < 1.29 is 19.4 Å². The van der Waals surface area contributed by atoms with Crippen molar-refractivity contribution in [1.29, 1.82) is 0 Å². The monoisotopic (exact) mass is 292 g/mol. The average molecular weight is 292 g/mol. The summed E-state index contributed by atoms with van der Waals surface area (Å²) in [6.07, 6.45) is 0. The van der Waals surface area contributed by atoms with Gasteiger partial charge in [-0.15, -0.1) is 0 Å². The second-order valence-corrected chi connectivity index (χ2v) is 6.16. The number of nitrogens with one attached hydrogen (secondary N) is 2. The van der Waals surface area contributed by atoms with Crippen molar-refractivity contribution in [2.45, 2.75) is 32.9 Å². The van der Waals surface area contributed by atoms with E-state index in [1.807, 2.05) is 24.3 Å². The molecule has 21 heavy (non-hydrogen) atoms. The molecule has 0 bridgehead atoms. The van der Waals surface area contributed by atoms with Crippen LogP contribution in [0.15, 0.2) is 24.3 Å². The molecule has 0 radical (unpaired) electrons. The molecule has 6 heteroatoms. The molecular formula is C15H20N2O4. The molecule has 2 atom stereocenters. The van der Waals surface area contributed by atoms with Gasteiger partial charge < -0.3 is 20.5 Å². The normalized spacial score (nSPS) is 18.3. The highest BCUT2D eigenvalue weighted by molar-refractivity contribution is 5.83. The number of urea groups is 1. The van der Waals surface area contributed by atoms with Crippen LogP contribution >= 0.6 is 0 Å². The van der Waals surface area contributed by atoms with Crippen molar-refractivity contribution in [2.75, 3.05) is 6.61 Å². The Labute approximate surface area is 123 Å². The quantitative estimate of drug-likeness (QED) is 0.794. The van der Waals surface area contributed by atoms with E-state index >= 15 is 0 Å². The molecule has 3 N–H and O–H groups in total. The van der Waals surface area contributed by atoms with E-state index in [-0.39, 0.29) is 6.04 Å². The van der Waals surface area contributed by atoms with Gasteiger partial charge in [0.1, 0.15) is 18.4 Å². The first-order valence-electron chi connectivity index (χ1n) is 6.80. The van der Waals surface area contributed by atoms with Crippen LogP contribution in [0, 0.1) is 5.41 Å². The molecular weight excluding hydrogens is 272 g/mol. The molecule has 2 amide bonds. The SMILES string of the molecule is CC(C)(C)C(NC(=O)NC1COc2ccccc21)C(=O)O. The molecule has 114 valence electrons. The lowest BCUT2D eigenvalue weighted by Crippen LogP contribution is -2.52. The summed E-state index contributed by atoms with van der Waals surface area (Å²) in [5.74, 6) is -0.311. The molecule has 0 aromatic heterocycles. The van der Waals surface area contributed by atoms with E-state index in [4.69, 9.17) is 4.74 Å². The number of benzene rings is 1. The van der Waals surface area contributed by atoms with Crippen molar-refractivity contribution in [1.82, 2.24) is 10.6 Å². The smallest absolute Gasteiger partial charge is 0.326 e. The maximum atomic E-state index is 12.0. The van der Waals surface area contributed by atoms with Crippen LogP contribution < -0.4 is 15.4 Å². The van der Waals surface area contributed by atoms with Gasteiger partial charge in [-0.2, -0.15) is 0 Å². The summed E-state index contributed by atoms with van der Waals surface area (Å²) < 4.78 is 5.47. The Balaban J connectivity index is 2.01. The van der Waals surface area contributed by atoms with Crippen molar-refractivity contribution in [2.24, 2.45) is 5.41 Å². The largest absolute Gasteiger partial charge is 0.491 e. The molecule has 1 aromatic rings. The highest BCUT2D eigenvalue weighted by atomic mass is 16.5. The fourth-order valence-electron chi connectivity index (χ4n) is 2.26. The Morgan fingerprint density at radius 2 is 2.00 bits per heavy atom. The van der Waals surface area contributed by atoms with Crippen molar-refractivity contribution in [3.63, 3.8) is 0 Å². The van der Waals surface area contributed by atoms with E-state index < -0.39 is 23.5 Å². The summed E-state index contributed by atoms with van der Waals surface area (Å²) >= 11 is 0. The number of carbonyl (C=O) groups is 2. The van der Waals surface area contributed by atoms with Gasteiger partial charge in [0.2, 0.25) is 0 Å². The molecule has 2 unspecified atom stereocenters. The number of hydrogen-bond donors (Lipinski definition) is 3. The summed E-state index contributed by atoms with van der Waals surface area (Å²) in [7, 11) is 0. The summed E-state index contributed by atoms with van der Waals surface area (Å²) in [4.78, 5) is 23.3. The van der Waals surface area contributed by atoms with Crippen LogP contribution in [0.25, 0.3) is 0 Å². The van der Waals surface area contributed by atoms with Gasteiger partial charge in [-0.25, -0.2) is 9.59 Å². The molecule has 1 aromatic carbocycles. The summed E-state index contributed by atoms with van der Waals surface area (Å²) in [5, 5.41) is 14.5. The maximum absolute atomic E-state index is 12.0. The number of hydrogen-bond acceptors (Lipinski definition) is 3. The first-order chi connectivity index (χ1) is 9.79. The first-order valence-corrected chi connectivity index (χ1v) is 6.80. The maximum Gasteiger partial charge on any atom is 0.326 e. The zero-order valence-electron chi connectivity index (χ0n) is 12.3. The van der Waals surface area contributed by atoms with Crippen molar-refractivity contribution >= 4 is 12.0 Å². The third-order valence-corrected chi connectivity index (χ3v) is 3.39. The van der Waals surface area contributed by atoms with Crippen LogP contribution in [0.1, 0.15) is 32.4 Å². The van der Waals surface area contributed by atoms with Gasteiger partial charge in [0.25, 0.3) is 0 Å². The lowest BCUT2D eigenvalue weighted by atomic mass is 9.87. The first kappa shape index (κ1) is 15.2. The van der Waals surface area contributed by atoms with Crippen LogP contribution in [-0.4, -0.2) is 29.8 Å². The minimum absolute atomic E-state index is 0.268. The Kier molecular flexibility index (Phi) is 4.06. The van der Waals surface area contributed by atoms with Crippen molar-refractivity contribution in [3.8, 4) is 5.75 Å². The van der Waals surface area contributed by atoms with Gasteiger partial charge >= 0.3 is 12.0 Å². The van der Waals surface area contributed by atoms with E-state index in [1.165, 1.54) is 0 Å². The summed E-state index contributed by atoms with van der Waals surface area (Å²) in [6, 6.07) is 5.71. The molecule has 1 aliphatic rings. The predicted molar refractivity (Wildman–Crippen MR) is 77.2 cm³/mol. The van der Waals surface area contributed by atoms with E-state index in [9.17, 15) is 14.7 Å². The Morgan fingerprint density at radius 3 is 2.62 bits per heavy atom. The van der Waals surface area contributed by atoms with Gasteiger partial charge in [-0.3, -0.25) is 0 Å². The topological polar surface area (TPSA) is 87.7 Å². The number of rotatable bonds is 3. The standard InChI is InChI=1S/C15H20N2O4/c1-15(2,3)12(13(18)19)17-14(20)16-10-8-21-11-7-5-4-6-9(10)11/h4-7,10,12H,8H2,1-3H3,(H,18,19)(H2,16,17,20). The lowest BCUT2D eigenvalue weighted by Gasteiger charge is -2.28. The number of carbonyl (C=O) groups excluding carboxylic acids is 1. The molecule has 6 nitrogen and oxygen atoms in total. The Hall–Kier alpha value is -2.24. The Bertz CT molecular complexity index is 551. The van der Waals surface area contributed by atoms with Gasteiger partial charge in [-0.1, -0.05) is 39.0 Å². The molecule has 1 aliphatic heterocycles. The average Bonchev–Trinajstić information content (AvgIpc) is 2.78. The highest BCUT2D eigenvalue weighted by Gasteiger charge is 2.33. The summed E-state index contributed by atoms with van der Waals surface area (Å²) in [5.41, 5.74) is 0.322. The number of para-hydroxylation sites is 1. The highest BCUT2D eigenvalue weighted by Crippen LogP contribution is 2.31. The molecule has 1 heterocycles. The number of fused-ring (bicyclic) bond motifs is 1. The van der Waals surface area contributed by atoms with Crippen LogP contribution in [0.3, 0.4) is 0 Å². The fourth-order valence-corrected chi connectivity index (χ4v) is 2.26. The number of carboxylic acids is 1. The van der Waals surface area contributed by atoms with E-state index in [0.717, 1.165) is 11.3 Å². The van der Waals surface area contributed by atoms with E-state index in [2.05, 4.69) is 10.6 Å². The number of aliphatic carboxylic acids is 1. The minimum atomic E-state index is -1.05. The van der Waals surface area contributed by atoms with Crippen LogP contribution in [0.4, 0.5) is 4.79 Å². The van der Waals surface area contributed by atoms with Crippen molar-refractivity contribution in [3.05, 3.63) is 29.8 Å².